The summed E-state index contributed by atoms with van der Waals surface area (Å²) in [6, 6.07) is 4.21. The van der Waals surface area contributed by atoms with Gasteiger partial charge in [-0.1, -0.05) is 58.1 Å². The zero-order valence-corrected chi connectivity index (χ0v) is 22.9. The number of benzene rings is 1. The van der Waals surface area contributed by atoms with Gasteiger partial charge in [-0.2, -0.15) is 0 Å². The second-order valence-corrected chi connectivity index (χ2v) is 11.6. The smallest absolute Gasteiger partial charge is 0.311 e. The highest BCUT2D eigenvalue weighted by Gasteiger charge is 2.46. The Bertz CT molecular complexity index is 980. The molecule has 0 N–H and O–H groups in total. The molecule has 0 radical (unpaired) electrons. The van der Waals surface area contributed by atoms with Gasteiger partial charge >= 0.3 is 5.97 Å². The maximum absolute atomic E-state index is 12.8. The van der Waals surface area contributed by atoms with Crippen molar-refractivity contribution < 1.29 is 24.2 Å². The number of ether oxygens (including phenoxy) is 2. The van der Waals surface area contributed by atoms with E-state index in [1.165, 1.54) is 24.8 Å². The van der Waals surface area contributed by atoms with E-state index >= 15 is 0 Å². The molecule has 1 heterocycles. The van der Waals surface area contributed by atoms with Crippen molar-refractivity contribution >= 4 is 5.97 Å². The van der Waals surface area contributed by atoms with Crippen LogP contribution < -0.4 is 9.47 Å². The van der Waals surface area contributed by atoms with Crippen LogP contribution in [0.5, 0.6) is 11.5 Å². The largest absolute Gasteiger partial charge is 0.487 e. The molecule has 0 spiro atoms. The van der Waals surface area contributed by atoms with Crippen LogP contribution >= 0.6 is 0 Å². The molecule has 0 aromatic heterocycles. The van der Waals surface area contributed by atoms with Crippen LogP contribution in [0.3, 0.4) is 0 Å². The highest BCUT2D eigenvalue weighted by molar-refractivity contribution is 5.73. The van der Waals surface area contributed by atoms with Gasteiger partial charge in [0.2, 0.25) is 0 Å². The van der Waals surface area contributed by atoms with Gasteiger partial charge in [0.15, 0.2) is 0 Å². The molecule has 0 saturated heterocycles. The van der Waals surface area contributed by atoms with Gasteiger partial charge in [0, 0.05) is 23.8 Å². The molecule has 7 nitrogen and oxygen atoms in total. The minimum atomic E-state index is -0.841. The van der Waals surface area contributed by atoms with E-state index in [-0.39, 0.29) is 42.3 Å². The highest BCUT2D eigenvalue weighted by atomic mass is 16.9. The quantitative estimate of drug-likeness (QED) is 0.0738. The first-order valence-corrected chi connectivity index (χ1v) is 13.5. The van der Waals surface area contributed by atoms with Gasteiger partial charge < -0.3 is 14.3 Å². The van der Waals surface area contributed by atoms with Crippen LogP contribution in [0.15, 0.2) is 23.8 Å². The monoisotopic (exact) mass is 501 g/mol. The molecule has 1 aromatic carbocycles. The molecule has 3 rings (SSSR count). The Hall–Kier alpha value is -2.57. The third-order valence-corrected chi connectivity index (χ3v) is 7.87. The van der Waals surface area contributed by atoms with Gasteiger partial charge in [-0.25, -0.2) is 0 Å². The molecule has 2 aliphatic rings. The third-order valence-electron chi connectivity index (χ3n) is 7.87. The van der Waals surface area contributed by atoms with E-state index in [4.69, 9.17) is 9.47 Å². The highest BCUT2D eigenvalue weighted by Crippen LogP contribution is 2.55. The van der Waals surface area contributed by atoms with Crippen LogP contribution in [-0.2, 0) is 15.0 Å². The summed E-state index contributed by atoms with van der Waals surface area (Å²) in [6.45, 7) is 13.0. The van der Waals surface area contributed by atoms with Crippen LogP contribution in [0.25, 0.3) is 0 Å². The SMILES string of the molecule is CCCCCCC(C)(C)c1cc(OC(=O)CCCO[N+](=O)[O-])c2c(c1)OC(C)(C)[C@@H]1CC=C(C)C[C@@H]21. The van der Waals surface area contributed by atoms with Crippen molar-refractivity contribution in [3.05, 3.63) is 45.0 Å². The van der Waals surface area contributed by atoms with E-state index in [9.17, 15) is 14.9 Å². The van der Waals surface area contributed by atoms with E-state index in [1.807, 2.05) is 6.07 Å². The van der Waals surface area contributed by atoms with Crippen molar-refractivity contribution in [3.8, 4) is 11.5 Å². The average Bonchev–Trinajstić information content (AvgIpc) is 2.78. The lowest BCUT2D eigenvalue weighted by Crippen LogP contribution is -2.45. The number of unbranched alkanes of at least 4 members (excludes halogenated alkanes) is 3. The van der Waals surface area contributed by atoms with Crippen molar-refractivity contribution in [2.45, 2.75) is 116 Å². The Morgan fingerprint density at radius 1 is 1.22 bits per heavy atom. The molecule has 2 atom stereocenters. The minimum Gasteiger partial charge on any atom is -0.487 e. The van der Waals surface area contributed by atoms with Crippen LogP contribution in [0.4, 0.5) is 0 Å². The number of rotatable bonds is 12. The van der Waals surface area contributed by atoms with Gasteiger partial charge in [-0.05, 0) is 69.6 Å². The Kier molecular flexibility index (Phi) is 9.07. The van der Waals surface area contributed by atoms with Gasteiger partial charge in [0.05, 0.1) is 6.61 Å². The van der Waals surface area contributed by atoms with E-state index in [0.29, 0.717) is 5.75 Å². The molecular weight excluding hydrogens is 458 g/mol. The first-order valence-electron chi connectivity index (χ1n) is 13.5. The predicted octanol–water partition coefficient (Wildman–Crippen LogP) is 7.44. The molecule has 0 unspecified atom stereocenters. The molecule has 0 amide bonds. The number of fused-ring (bicyclic) bond motifs is 3. The number of allylic oxidation sites excluding steroid dienone is 2. The standard InChI is InChI=1S/C29H43NO6/c1-7-8-9-10-15-28(3,4)21-18-24(35-26(31)12-11-16-34-30(32)33)27-22-17-20(2)13-14-23(22)29(5,6)36-25(27)19-21/h13,18-19,22-23H,7-12,14-17H2,1-6H3/t22-,23-/m1/s1. The van der Waals surface area contributed by atoms with Gasteiger partial charge in [0.25, 0.3) is 5.09 Å². The summed E-state index contributed by atoms with van der Waals surface area (Å²) in [5.74, 6) is 1.47. The third kappa shape index (κ3) is 6.80. The second-order valence-electron chi connectivity index (χ2n) is 11.6. The maximum Gasteiger partial charge on any atom is 0.311 e. The van der Waals surface area contributed by atoms with Crippen LogP contribution in [-0.4, -0.2) is 23.3 Å². The van der Waals surface area contributed by atoms with E-state index in [1.54, 1.807) is 0 Å². The normalized spacial score (nSPS) is 20.4. The van der Waals surface area contributed by atoms with Crippen molar-refractivity contribution in [3.63, 3.8) is 0 Å². The molecule has 36 heavy (non-hydrogen) atoms. The number of esters is 1. The van der Waals surface area contributed by atoms with Gasteiger partial charge in [-0.15, -0.1) is 10.1 Å². The fraction of sp³-hybridized carbons (Fsp3) is 0.690. The summed E-state index contributed by atoms with van der Waals surface area (Å²) >= 11 is 0. The molecule has 1 aliphatic carbocycles. The molecular formula is C29H43NO6. The lowest BCUT2D eigenvalue weighted by molar-refractivity contribution is -0.757. The van der Waals surface area contributed by atoms with Crippen LogP contribution in [0.2, 0.25) is 0 Å². The zero-order valence-electron chi connectivity index (χ0n) is 22.9. The molecule has 0 fully saturated rings. The van der Waals surface area contributed by atoms with E-state index in [2.05, 4.69) is 58.5 Å². The summed E-state index contributed by atoms with van der Waals surface area (Å²) in [5, 5.41) is 9.56. The molecule has 0 saturated carbocycles. The molecule has 1 aliphatic heterocycles. The van der Waals surface area contributed by atoms with Gasteiger partial charge in [0.1, 0.15) is 17.1 Å². The first-order chi connectivity index (χ1) is 16.9. The Morgan fingerprint density at radius 2 is 1.97 bits per heavy atom. The lowest BCUT2D eigenvalue weighted by Gasteiger charge is -2.47. The van der Waals surface area contributed by atoms with E-state index < -0.39 is 11.1 Å². The Balaban J connectivity index is 1.95. The summed E-state index contributed by atoms with van der Waals surface area (Å²) in [4.78, 5) is 27.5. The summed E-state index contributed by atoms with van der Waals surface area (Å²) in [6.07, 6.45) is 10.2. The maximum atomic E-state index is 12.8. The fourth-order valence-corrected chi connectivity index (χ4v) is 5.69. The second kappa shape index (κ2) is 11.7. The summed E-state index contributed by atoms with van der Waals surface area (Å²) in [7, 11) is 0. The predicted molar refractivity (Wildman–Crippen MR) is 140 cm³/mol. The lowest BCUT2D eigenvalue weighted by atomic mass is 9.66. The topological polar surface area (TPSA) is 87.9 Å². The fourth-order valence-electron chi connectivity index (χ4n) is 5.69. The number of nitrogens with zero attached hydrogens (tertiary/aromatic N) is 1. The average molecular weight is 502 g/mol. The minimum absolute atomic E-state index is 0.0482. The number of hydrogen-bond acceptors (Lipinski definition) is 6. The number of carbonyl (C=O) groups is 1. The summed E-state index contributed by atoms with van der Waals surface area (Å²) in [5.41, 5.74) is 2.99. The molecule has 7 heteroatoms. The number of hydrogen-bond donors (Lipinski definition) is 0. The van der Waals surface area contributed by atoms with Crippen molar-refractivity contribution in [1.82, 2.24) is 0 Å². The molecule has 1 aromatic rings. The van der Waals surface area contributed by atoms with Crippen molar-refractivity contribution in [1.29, 1.82) is 0 Å². The zero-order chi connectivity index (χ0) is 26.5. The molecule has 0 bridgehead atoms. The first kappa shape index (κ1) is 28.0. The van der Waals surface area contributed by atoms with Crippen LogP contribution in [0, 0.1) is 16.0 Å². The Morgan fingerprint density at radius 3 is 2.67 bits per heavy atom. The van der Waals surface area contributed by atoms with Crippen molar-refractivity contribution in [2.24, 2.45) is 5.92 Å². The number of carbonyl (C=O) groups excluding carboxylic acids is 1. The van der Waals surface area contributed by atoms with Crippen molar-refractivity contribution in [2.75, 3.05) is 6.61 Å². The van der Waals surface area contributed by atoms with Gasteiger partial charge in [-0.3, -0.25) is 4.79 Å². The molecule has 200 valence electrons. The summed E-state index contributed by atoms with van der Waals surface area (Å²) < 4.78 is 12.6. The van der Waals surface area contributed by atoms with Crippen LogP contribution in [0.1, 0.15) is 116 Å². The van der Waals surface area contributed by atoms with E-state index in [0.717, 1.165) is 42.6 Å². The Labute approximate surface area is 215 Å².